The van der Waals surface area contributed by atoms with E-state index in [0.29, 0.717) is 5.82 Å². The van der Waals surface area contributed by atoms with Gasteiger partial charge < -0.3 is 5.73 Å². The van der Waals surface area contributed by atoms with Crippen LogP contribution in [0, 0.1) is 6.92 Å². The smallest absolute Gasteiger partial charge is 0.123 e. The highest BCUT2D eigenvalue weighted by Crippen LogP contribution is 2.27. The van der Waals surface area contributed by atoms with Crippen molar-refractivity contribution in [2.24, 2.45) is 0 Å². The van der Waals surface area contributed by atoms with E-state index in [2.05, 4.69) is 36.2 Å². The Hall–Kier alpha value is -1.48. The summed E-state index contributed by atoms with van der Waals surface area (Å²) in [6.45, 7) is 2.08. The molecule has 2 nitrogen and oxygen atoms in total. The molecule has 0 aliphatic carbocycles. The highest BCUT2D eigenvalue weighted by Gasteiger charge is 1.97. The lowest BCUT2D eigenvalue weighted by molar-refractivity contribution is 1.24. The Bertz CT molecular complexity index is 391. The Morgan fingerprint density at radius 1 is 1.00 bits per heavy atom. The number of benzene rings is 1. The molecule has 15 heavy (non-hydrogen) atoms. The van der Waals surface area contributed by atoms with E-state index in [1.165, 1.54) is 10.5 Å². The number of pyridine rings is 1. The molecule has 0 aliphatic rings. The molecule has 2 rings (SSSR count). The standard InChI is InChI=1S/C12H12N2S/c1-9-2-4-10(5-3-9)15-11-6-7-12(13)14-8-11/h2-8H,1H3,(H2,13,14). The fraction of sp³-hybridized carbons (Fsp3) is 0.0833. The van der Waals surface area contributed by atoms with Crippen molar-refractivity contribution in [2.45, 2.75) is 16.7 Å². The first-order valence-electron chi connectivity index (χ1n) is 4.70. The van der Waals surface area contributed by atoms with Crippen LogP contribution in [0.4, 0.5) is 5.82 Å². The molecule has 0 radical (unpaired) electrons. The number of hydrogen-bond donors (Lipinski definition) is 1. The highest BCUT2D eigenvalue weighted by molar-refractivity contribution is 7.99. The summed E-state index contributed by atoms with van der Waals surface area (Å²) in [6.07, 6.45) is 1.79. The topological polar surface area (TPSA) is 38.9 Å². The molecule has 76 valence electrons. The first-order valence-corrected chi connectivity index (χ1v) is 5.52. The first kappa shape index (κ1) is 10.1. The summed E-state index contributed by atoms with van der Waals surface area (Å²) >= 11 is 1.69. The third-order valence-corrected chi connectivity index (χ3v) is 3.00. The van der Waals surface area contributed by atoms with Crippen molar-refractivity contribution in [1.82, 2.24) is 4.98 Å². The summed E-state index contributed by atoms with van der Waals surface area (Å²) in [5.74, 6) is 0.559. The molecule has 0 atom stereocenters. The first-order chi connectivity index (χ1) is 7.24. The molecule has 0 unspecified atom stereocenters. The van der Waals surface area contributed by atoms with Gasteiger partial charge in [-0.3, -0.25) is 0 Å². The van der Waals surface area contributed by atoms with E-state index in [4.69, 9.17) is 5.73 Å². The fourth-order valence-corrected chi connectivity index (χ4v) is 1.98. The van der Waals surface area contributed by atoms with Gasteiger partial charge in [0.25, 0.3) is 0 Å². The van der Waals surface area contributed by atoms with Gasteiger partial charge in [0.2, 0.25) is 0 Å². The number of aryl methyl sites for hydroxylation is 1. The van der Waals surface area contributed by atoms with Crippen LogP contribution >= 0.6 is 11.8 Å². The number of anilines is 1. The van der Waals surface area contributed by atoms with Gasteiger partial charge in [-0.2, -0.15) is 0 Å². The molecule has 0 amide bonds. The minimum absolute atomic E-state index is 0.559. The maximum atomic E-state index is 5.52. The lowest BCUT2D eigenvalue weighted by atomic mass is 10.2. The summed E-state index contributed by atoms with van der Waals surface area (Å²) in [5.41, 5.74) is 6.79. The van der Waals surface area contributed by atoms with Crippen LogP contribution in [0.3, 0.4) is 0 Å². The maximum absolute atomic E-state index is 5.52. The number of nitrogens with two attached hydrogens (primary N) is 1. The molecule has 1 aromatic carbocycles. The van der Waals surface area contributed by atoms with Crippen molar-refractivity contribution in [1.29, 1.82) is 0 Å². The second-order valence-electron chi connectivity index (χ2n) is 3.33. The minimum Gasteiger partial charge on any atom is -0.384 e. The summed E-state index contributed by atoms with van der Waals surface area (Å²) in [5, 5.41) is 0. The van der Waals surface area contributed by atoms with Crippen LogP contribution in [0.1, 0.15) is 5.56 Å². The third kappa shape index (κ3) is 2.73. The Morgan fingerprint density at radius 3 is 2.27 bits per heavy atom. The molecule has 0 bridgehead atoms. The van der Waals surface area contributed by atoms with Crippen LogP contribution in [0.25, 0.3) is 0 Å². The van der Waals surface area contributed by atoms with Crippen molar-refractivity contribution in [3.8, 4) is 0 Å². The van der Waals surface area contributed by atoms with Crippen LogP contribution in [-0.2, 0) is 0 Å². The monoisotopic (exact) mass is 216 g/mol. The van der Waals surface area contributed by atoms with Gasteiger partial charge in [0, 0.05) is 16.0 Å². The number of nitrogens with zero attached hydrogens (tertiary/aromatic N) is 1. The summed E-state index contributed by atoms with van der Waals surface area (Å²) in [4.78, 5) is 6.37. The number of rotatable bonds is 2. The maximum Gasteiger partial charge on any atom is 0.123 e. The zero-order valence-electron chi connectivity index (χ0n) is 8.47. The summed E-state index contributed by atoms with van der Waals surface area (Å²) < 4.78 is 0. The quantitative estimate of drug-likeness (QED) is 0.838. The van der Waals surface area contributed by atoms with Crippen LogP contribution in [0.15, 0.2) is 52.4 Å². The molecular formula is C12H12N2S. The average Bonchev–Trinajstić information content (AvgIpc) is 2.25. The Balaban J connectivity index is 2.15. The molecule has 2 aromatic rings. The lowest BCUT2D eigenvalue weighted by Gasteiger charge is -2.01. The van der Waals surface area contributed by atoms with Crippen molar-refractivity contribution in [3.63, 3.8) is 0 Å². The lowest BCUT2D eigenvalue weighted by Crippen LogP contribution is -1.87. The van der Waals surface area contributed by atoms with Crippen LogP contribution in [0.5, 0.6) is 0 Å². The third-order valence-electron chi connectivity index (χ3n) is 2.02. The Labute approximate surface area is 93.5 Å². The Kier molecular flexibility index (Phi) is 2.92. The molecule has 2 N–H and O–H groups in total. The molecule has 1 aromatic heterocycles. The van der Waals surface area contributed by atoms with E-state index in [0.717, 1.165) is 4.90 Å². The van der Waals surface area contributed by atoms with E-state index in [9.17, 15) is 0 Å². The predicted octanol–water partition coefficient (Wildman–Crippen LogP) is 3.12. The van der Waals surface area contributed by atoms with Crippen LogP contribution < -0.4 is 5.73 Å². The molecule has 0 fully saturated rings. The molecule has 0 saturated carbocycles. The van der Waals surface area contributed by atoms with Crippen molar-refractivity contribution in [2.75, 3.05) is 5.73 Å². The SMILES string of the molecule is Cc1ccc(Sc2ccc(N)nc2)cc1. The van der Waals surface area contributed by atoms with E-state index in [1.807, 2.05) is 12.1 Å². The van der Waals surface area contributed by atoms with Gasteiger partial charge in [0.05, 0.1) is 0 Å². The second kappa shape index (κ2) is 4.36. The van der Waals surface area contributed by atoms with E-state index in [-0.39, 0.29) is 0 Å². The molecule has 0 saturated heterocycles. The van der Waals surface area contributed by atoms with Crippen molar-refractivity contribution >= 4 is 17.6 Å². The average molecular weight is 216 g/mol. The Morgan fingerprint density at radius 2 is 1.67 bits per heavy atom. The molecule has 0 aliphatic heterocycles. The van der Waals surface area contributed by atoms with E-state index >= 15 is 0 Å². The van der Waals surface area contributed by atoms with Gasteiger partial charge in [-0.1, -0.05) is 29.5 Å². The van der Waals surface area contributed by atoms with E-state index in [1.54, 1.807) is 18.0 Å². The van der Waals surface area contributed by atoms with Gasteiger partial charge in [0.1, 0.15) is 5.82 Å². The van der Waals surface area contributed by atoms with Crippen LogP contribution in [-0.4, -0.2) is 4.98 Å². The number of aromatic nitrogens is 1. The highest BCUT2D eigenvalue weighted by atomic mass is 32.2. The molecule has 0 spiro atoms. The van der Waals surface area contributed by atoms with Crippen LogP contribution in [0.2, 0.25) is 0 Å². The number of nitrogen functional groups attached to an aromatic ring is 1. The van der Waals surface area contributed by atoms with Gasteiger partial charge in [-0.05, 0) is 31.2 Å². The summed E-state index contributed by atoms with van der Waals surface area (Å²) in [6, 6.07) is 12.2. The second-order valence-corrected chi connectivity index (χ2v) is 4.48. The molecular weight excluding hydrogens is 204 g/mol. The van der Waals surface area contributed by atoms with Gasteiger partial charge in [-0.15, -0.1) is 0 Å². The largest absolute Gasteiger partial charge is 0.384 e. The fourth-order valence-electron chi connectivity index (χ4n) is 1.19. The van der Waals surface area contributed by atoms with Crippen molar-refractivity contribution in [3.05, 3.63) is 48.2 Å². The number of hydrogen-bond acceptors (Lipinski definition) is 3. The van der Waals surface area contributed by atoms with Gasteiger partial charge in [0.15, 0.2) is 0 Å². The normalized spacial score (nSPS) is 10.2. The predicted molar refractivity (Wildman–Crippen MR) is 64.0 cm³/mol. The zero-order valence-corrected chi connectivity index (χ0v) is 9.29. The van der Waals surface area contributed by atoms with Gasteiger partial charge >= 0.3 is 0 Å². The summed E-state index contributed by atoms with van der Waals surface area (Å²) in [7, 11) is 0. The zero-order chi connectivity index (χ0) is 10.7. The van der Waals surface area contributed by atoms with Crippen molar-refractivity contribution < 1.29 is 0 Å². The van der Waals surface area contributed by atoms with Gasteiger partial charge in [-0.25, -0.2) is 4.98 Å². The minimum atomic E-state index is 0.559. The molecule has 1 heterocycles. The molecule has 3 heteroatoms. The van der Waals surface area contributed by atoms with E-state index < -0.39 is 0 Å².